The molecule has 0 aromatic heterocycles. The summed E-state index contributed by atoms with van der Waals surface area (Å²) in [5, 5.41) is 7.37. The molecule has 8 aromatic carbocycles. The number of hydrogen-bond donors (Lipinski definition) is 0. The van der Waals surface area contributed by atoms with Gasteiger partial charge in [0.25, 0.3) is 0 Å². The van der Waals surface area contributed by atoms with Crippen molar-refractivity contribution in [1.82, 2.24) is 0 Å². The zero-order valence-electron chi connectivity index (χ0n) is 29.3. The van der Waals surface area contributed by atoms with Crippen LogP contribution in [0.2, 0.25) is 0 Å². The molecule has 0 unspecified atom stereocenters. The molecule has 54 heavy (non-hydrogen) atoms. The van der Waals surface area contributed by atoms with Crippen molar-refractivity contribution in [3.8, 4) is 33.4 Å². The van der Waals surface area contributed by atoms with E-state index in [1.165, 1.54) is 60.1 Å². The molecule has 0 saturated heterocycles. The number of hydrogen-bond acceptors (Lipinski definition) is 4. The summed E-state index contributed by atoms with van der Waals surface area (Å²) < 4.78 is 80.7. The van der Waals surface area contributed by atoms with Crippen LogP contribution in [0, 0.1) is 0 Å². The Hall–Kier alpha value is -5.51. The first-order valence-electron chi connectivity index (χ1n) is 17.4. The maximum absolute atomic E-state index is 14.4. The molecule has 1 aliphatic rings. The van der Waals surface area contributed by atoms with Gasteiger partial charge in [0.05, 0.1) is 9.79 Å². The van der Waals surface area contributed by atoms with E-state index in [1.807, 2.05) is 30.3 Å². The number of rotatable bonds is 5. The Morgan fingerprint density at radius 2 is 1.15 bits per heavy atom. The highest BCUT2D eigenvalue weighted by Gasteiger charge is 2.41. The fourth-order valence-electron chi connectivity index (χ4n) is 7.72. The molecule has 1 aliphatic carbocycles. The molecule has 8 aromatic rings. The van der Waals surface area contributed by atoms with Crippen LogP contribution in [0.4, 0.5) is 13.2 Å². The molecule has 9 heteroatoms. The van der Waals surface area contributed by atoms with Crippen LogP contribution in [0.15, 0.2) is 149 Å². The third-order valence-corrected chi connectivity index (χ3v) is 13.0. The Kier molecular flexibility index (Phi) is 8.62. The Morgan fingerprint density at radius 1 is 0.574 bits per heavy atom. The first kappa shape index (κ1) is 35.5. The van der Waals surface area contributed by atoms with Gasteiger partial charge < -0.3 is 0 Å². The van der Waals surface area contributed by atoms with E-state index in [-0.39, 0.29) is 6.26 Å². The predicted octanol–water partition coefficient (Wildman–Crippen LogP) is 11.4. The van der Waals surface area contributed by atoms with Gasteiger partial charge in [0.1, 0.15) is 0 Å². The molecule has 0 radical (unpaired) electrons. The van der Waals surface area contributed by atoms with Crippen LogP contribution in [0.5, 0.6) is 0 Å². The summed E-state index contributed by atoms with van der Waals surface area (Å²) in [6.07, 6.45) is 1.85. The van der Waals surface area contributed by atoms with Crippen LogP contribution in [0.1, 0.15) is 23.6 Å². The van der Waals surface area contributed by atoms with Gasteiger partial charge in [-0.15, -0.1) is 0 Å². The average Bonchev–Trinajstić information content (AvgIpc) is 3.56. The van der Waals surface area contributed by atoms with Gasteiger partial charge in [0, 0.05) is 11.8 Å². The van der Waals surface area contributed by atoms with Crippen molar-refractivity contribution in [1.29, 1.82) is 0 Å². The van der Waals surface area contributed by atoms with Gasteiger partial charge in [0.2, 0.25) is 19.7 Å². The van der Waals surface area contributed by atoms with E-state index in [9.17, 15) is 30.0 Å². The van der Waals surface area contributed by atoms with Gasteiger partial charge in [-0.1, -0.05) is 128 Å². The summed E-state index contributed by atoms with van der Waals surface area (Å²) in [4.78, 5) is 0.638. The number of sulfone groups is 2. The largest absolute Gasteiger partial charge is 0.497 e. The molecule has 4 nitrogen and oxygen atoms in total. The van der Waals surface area contributed by atoms with E-state index in [4.69, 9.17) is 0 Å². The monoisotopic (exact) mass is 758 g/mol. The van der Waals surface area contributed by atoms with Gasteiger partial charge >= 0.3 is 5.51 Å². The molecule has 0 amide bonds. The average molecular weight is 759 g/mol. The normalized spacial score (nSPS) is 12.8. The van der Waals surface area contributed by atoms with Crippen LogP contribution in [0.3, 0.4) is 0 Å². The molecule has 0 atom stereocenters. The van der Waals surface area contributed by atoms with Crippen molar-refractivity contribution in [2.45, 2.75) is 35.1 Å². The first-order valence-corrected chi connectivity index (χ1v) is 20.8. The van der Waals surface area contributed by atoms with Gasteiger partial charge in [-0.2, -0.15) is 13.2 Å². The summed E-state index contributed by atoms with van der Waals surface area (Å²) >= 11 is 0. The van der Waals surface area contributed by atoms with Crippen molar-refractivity contribution in [3.05, 3.63) is 156 Å². The molecule has 270 valence electrons. The van der Waals surface area contributed by atoms with E-state index in [0.717, 1.165) is 35.1 Å². The van der Waals surface area contributed by atoms with E-state index in [1.54, 1.807) is 18.2 Å². The SMILES string of the molecule is CCc1ccc(-c2ccccc2S(=O)(=O)c2ccc(-c3ccc4ccc5cccc6ccc3c4c56)cc2)c2c1-c1ccccc1C2.CS(=O)(=O)C(F)(F)F. The minimum Gasteiger partial charge on any atom is -0.220 e. The highest BCUT2D eigenvalue weighted by molar-refractivity contribution is 7.91. The van der Waals surface area contributed by atoms with Crippen LogP contribution >= 0.6 is 0 Å². The van der Waals surface area contributed by atoms with Crippen molar-refractivity contribution in [2.24, 2.45) is 0 Å². The molecule has 0 aliphatic heterocycles. The van der Waals surface area contributed by atoms with Gasteiger partial charge in [-0.05, 0) is 108 Å². The number of fused-ring (bicyclic) bond motifs is 3. The maximum atomic E-state index is 14.4. The topological polar surface area (TPSA) is 68.3 Å². The van der Waals surface area contributed by atoms with Crippen molar-refractivity contribution >= 4 is 52.0 Å². The third-order valence-electron chi connectivity index (χ3n) is 10.3. The number of halogens is 3. The first-order chi connectivity index (χ1) is 25.8. The Morgan fingerprint density at radius 3 is 1.81 bits per heavy atom. The lowest BCUT2D eigenvalue weighted by molar-refractivity contribution is -0.0429. The van der Waals surface area contributed by atoms with E-state index < -0.39 is 25.2 Å². The minimum atomic E-state index is -5.09. The second-order valence-corrected chi connectivity index (χ2v) is 17.4. The Balaban J connectivity index is 0.000000468. The van der Waals surface area contributed by atoms with Crippen LogP contribution in [-0.4, -0.2) is 28.6 Å². The molecular weight excluding hydrogens is 726 g/mol. The molecule has 0 saturated carbocycles. The van der Waals surface area contributed by atoms with Crippen LogP contribution in [-0.2, 0) is 32.5 Å². The summed E-state index contributed by atoms with van der Waals surface area (Å²) in [6.45, 7) is 2.18. The van der Waals surface area contributed by atoms with Crippen molar-refractivity contribution < 1.29 is 30.0 Å². The fourth-order valence-corrected chi connectivity index (χ4v) is 9.20. The van der Waals surface area contributed by atoms with Crippen LogP contribution < -0.4 is 0 Å². The van der Waals surface area contributed by atoms with E-state index in [2.05, 4.69) is 97.9 Å². The third kappa shape index (κ3) is 5.92. The van der Waals surface area contributed by atoms with Crippen molar-refractivity contribution in [3.63, 3.8) is 0 Å². The Bertz CT molecular complexity index is 2950. The molecule has 0 bridgehead atoms. The summed E-state index contributed by atoms with van der Waals surface area (Å²) in [5.74, 6) is 0. The summed E-state index contributed by atoms with van der Waals surface area (Å²) in [5.41, 5.74) is 5.09. The molecule has 9 rings (SSSR count). The highest BCUT2D eigenvalue weighted by atomic mass is 32.2. The van der Waals surface area contributed by atoms with E-state index in [0.29, 0.717) is 9.79 Å². The zero-order chi connectivity index (χ0) is 38.0. The van der Waals surface area contributed by atoms with Gasteiger partial charge in [-0.3, -0.25) is 0 Å². The predicted molar refractivity (Wildman–Crippen MR) is 211 cm³/mol. The number of aryl methyl sites for hydroxylation is 1. The second-order valence-electron chi connectivity index (χ2n) is 13.5. The lowest BCUT2D eigenvalue weighted by atomic mass is 9.90. The molecule has 0 N–H and O–H groups in total. The molecule has 0 fully saturated rings. The maximum Gasteiger partial charge on any atom is 0.497 e. The van der Waals surface area contributed by atoms with Gasteiger partial charge in [-0.25, -0.2) is 16.8 Å². The fraction of sp³-hybridized carbons (Fsp3) is 0.111. The lowest BCUT2D eigenvalue weighted by Gasteiger charge is -2.17. The summed E-state index contributed by atoms with van der Waals surface area (Å²) in [7, 11) is -8.64. The smallest absolute Gasteiger partial charge is 0.220 e. The highest BCUT2D eigenvalue weighted by Crippen LogP contribution is 2.46. The van der Waals surface area contributed by atoms with E-state index >= 15 is 0 Å². The minimum absolute atomic E-state index is 0.118. The van der Waals surface area contributed by atoms with Crippen LogP contribution in [0.25, 0.3) is 65.7 Å². The second kappa shape index (κ2) is 13.1. The lowest BCUT2D eigenvalue weighted by Crippen LogP contribution is -2.20. The Labute approximate surface area is 311 Å². The number of benzene rings is 8. The molecule has 0 spiro atoms. The summed E-state index contributed by atoms with van der Waals surface area (Å²) in [6, 6.07) is 47.2. The zero-order valence-corrected chi connectivity index (χ0v) is 30.9. The standard InChI is InChI=1S/C43H30O2S.C2H3F3O2S/c1-2-27-18-24-36(39-26-32-8-3-4-11-35(32)42(27)39)37-12-5-6-13-40(37)46(44,45)33-21-16-28(17-22-33)34-23-19-31-15-14-29-9-7-10-30-20-25-38(34)43(31)41(29)30;1-8(6,7)2(3,4)5/h3-25H,2,26H2,1H3;1H3. The molecular formula is C45H33F3O4S2. The van der Waals surface area contributed by atoms with Gasteiger partial charge in [0.15, 0.2) is 0 Å². The van der Waals surface area contributed by atoms with Crippen molar-refractivity contribution in [2.75, 3.05) is 6.26 Å². The number of alkyl halides is 3. The molecule has 0 heterocycles. The quantitative estimate of drug-likeness (QED) is 0.164.